The summed E-state index contributed by atoms with van der Waals surface area (Å²) in [5, 5.41) is 0.714. The van der Waals surface area contributed by atoms with Crippen molar-refractivity contribution in [2.24, 2.45) is 0 Å². The molecule has 1 saturated heterocycles. The Balaban J connectivity index is 1.62. The van der Waals surface area contributed by atoms with Crippen molar-refractivity contribution in [3.05, 3.63) is 60.1 Å². The number of likely N-dealkylation sites (tertiary alicyclic amines) is 1. The van der Waals surface area contributed by atoms with Gasteiger partial charge in [0.25, 0.3) is 5.91 Å². The van der Waals surface area contributed by atoms with Crippen molar-refractivity contribution in [2.75, 3.05) is 6.54 Å². The third kappa shape index (κ3) is 3.70. The van der Waals surface area contributed by atoms with Crippen LogP contribution in [0, 0.1) is 12.7 Å². The van der Waals surface area contributed by atoms with Crippen LogP contribution < -0.4 is 0 Å². The van der Waals surface area contributed by atoms with Crippen LogP contribution in [-0.4, -0.2) is 37.9 Å². The van der Waals surface area contributed by atoms with E-state index in [0.29, 0.717) is 16.5 Å². The van der Waals surface area contributed by atoms with Gasteiger partial charge in [0.05, 0.1) is 17.4 Å². The lowest BCUT2D eigenvalue weighted by molar-refractivity contribution is 0.0597. The van der Waals surface area contributed by atoms with Crippen LogP contribution in [-0.2, 0) is 6.54 Å². The number of rotatable bonds is 4. The summed E-state index contributed by atoms with van der Waals surface area (Å²) in [6.07, 6.45) is 9.60. The Morgan fingerprint density at radius 2 is 2.19 bits per heavy atom. The van der Waals surface area contributed by atoms with Gasteiger partial charge in [0.1, 0.15) is 5.82 Å². The molecule has 0 radical (unpaired) electrons. The summed E-state index contributed by atoms with van der Waals surface area (Å²) in [6, 6.07) is 6.48. The Morgan fingerprint density at radius 1 is 1.30 bits per heavy atom. The molecular weight excluding hydrogens is 343 g/mol. The van der Waals surface area contributed by atoms with Crippen molar-refractivity contribution in [1.29, 1.82) is 0 Å². The first-order valence-electron chi connectivity index (χ1n) is 9.45. The van der Waals surface area contributed by atoms with Crippen molar-refractivity contribution in [3.63, 3.8) is 0 Å². The van der Waals surface area contributed by atoms with Gasteiger partial charge in [0.2, 0.25) is 0 Å². The topological polar surface area (TPSA) is 51.0 Å². The molecule has 140 valence electrons. The summed E-state index contributed by atoms with van der Waals surface area (Å²) in [7, 11) is 0. The standard InChI is InChI=1S/C21H23FN4O/c1-15-12-19(18-6-5-16(22)13-20(18)24-15)21(27)26-9-3-2-4-17(26)7-10-25-11-8-23-14-25/h5-6,8,11-14,17H,2-4,7,9-10H2,1H3. The molecule has 1 amide bonds. The molecule has 1 fully saturated rings. The zero-order valence-corrected chi connectivity index (χ0v) is 15.4. The molecule has 1 aromatic carbocycles. The summed E-state index contributed by atoms with van der Waals surface area (Å²) < 4.78 is 15.7. The van der Waals surface area contributed by atoms with Crippen LogP contribution in [0.15, 0.2) is 43.0 Å². The van der Waals surface area contributed by atoms with Crippen LogP contribution >= 0.6 is 0 Å². The molecule has 0 bridgehead atoms. The summed E-state index contributed by atoms with van der Waals surface area (Å²) in [6.45, 7) is 3.45. The number of nitrogens with zero attached hydrogens (tertiary/aromatic N) is 4. The van der Waals surface area contributed by atoms with Crippen molar-refractivity contribution in [1.82, 2.24) is 19.4 Å². The van der Waals surface area contributed by atoms with E-state index in [1.165, 1.54) is 12.1 Å². The molecule has 1 aliphatic heterocycles. The predicted molar refractivity (Wildman–Crippen MR) is 102 cm³/mol. The third-order valence-electron chi connectivity index (χ3n) is 5.30. The molecule has 3 aromatic rings. The molecule has 27 heavy (non-hydrogen) atoms. The smallest absolute Gasteiger partial charge is 0.254 e. The van der Waals surface area contributed by atoms with Crippen LogP contribution in [0.1, 0.15) is 41.7 Å². The number of carbonyl (C=O) groups is 1. The molecule has 3 heterocycles. The van der Waals surface area contributed by atoms with Crippen molar-refractivity contribution >= 4 is 16.8 Å². The van der Waals surface area contributed by atoms with E-state index in [0.717, 1.165) is 44.5 Å². The average Bonchev–Trinajstić information content (AvgIpc) is 3.18. The number of hydrogen-bond donors (Lipinski definition) is 0. The third-order valence-corrected chi connectivity index (χ3v) is 5.30. The fraction of sp³-hybridized carbons (Fsp3) is 0.381. The van der Waals surface area contributed by atoms with E-state index in [4.69, 9.17) is 0 Å². The number of halogens is 1. The highest BCUT2D eigenvalue weighted by molar-refractivity contribution is 6.06. The van der Waals surface area contributed by atoms with Crippen LogP contribution in [0.3, 0.4) is 0 Å². The number of amides is 1. The Hall–Kier alpha value is -2.76. The highest BCUT2D eigenvalue weighted by Gasteiger charge is 2.28. The van der Waals surface area contributed by atoms with E-state index in [1.54, 1.807) is 12.3 Å². The lowest BCUT2D eigenvalue weighted by Gasteiger charge is -2.36. The molecule has 5 nitrogen and oxygen atoms in total. The van der Waals surface area contributed by atoms with E-state index < -0.39 is 0 Å². The van der Waals surface area contributed by atoms with Gasteiger partial charge in [0.15, 0.2) is 0 Å². The molecule has 4 rings (SSSR count). The Morgan fingerprint density at radius 3 is 3.00 bits per heavy atom. The van der Waals surface area contributed by atoms with E-state index in [2.05, 4.69) is 9.97 Å². The molecular formula is C21H23FN4O. The Labute approximate surface area is 157 Å². The SMILES string of the molecule is Cc1cc(C(=O)N2CCCCC2CCn2ccnc2)c2ccc(F)cc2n1. The lowest BCUT2D eigenvalue weighted by Crippen LogP contribution is -2.44. The maximum Gasteiger partial charge on any atom is 0.254 e. The Bertz CT molecular complexity index is 949. The number of aromatic nitrogens is 3. The summed E-state index contributed by atoms with van der Waals surface area (Å²) in [5.74, 6) is -0.317. The number of carbonyl (C=O) groups excluding carboxylic acids is 1. The number of hydrogen-bond acceptors (Lipinski definition) is 3. The molecule has 0 spiro atoms. The zero-order valence-electron chi connectivity index (χ0n) is 15.4. The fourth-order valence-electron chi connectivity index (χ4n) is 3.95. The van der Waals surface area contributed by atoms with Crippen molar-refractivity contribution in [2.45, 2.75) is 45.2 Å². The molecule has 0 saturated carbocycles. The van der Waals surface area contributed by atoms with Crippen LogP contribution in [0.2, 0.25) is 0 Å². The van der Waals surface area contributed by atoms with Crippen molar-refractivity contribution < 1.29 is 9.18 Å². The van der Waals surface area contributed by atoms with Gasteiger partial charge in [-0.05, 0) is 50.8 Å². The van der Waals surface area contributed by atoms with E-state index in [-0.39, 0.29) is 17.8 Å². The highest BCUT2D eigenvalue weighted by Crippen LogP contribution is 2.26. The van der Waals surface area contributed by atoms with Crippen LogP contribution in [0.4, 0.5) is 4.39 Å². The fourth-order valence-corrected chi connectivity index (χ4v) is 3.95. The number of aryl methyl sites for hydroxylation is 2. The van der Waals surface area contributed by atoms with Gasteiger partial charge in [-0.1, -0.05) is 0 Å². The Kier molecular flexibility index (Phi) is 4.88. The predicted octanol–water partition coefficient (Wildman–Crippen LogP) is 3.96. The molecule has 1 aliphatic rings. The second kappa shape index (κ2) is 7.47. The maximum atomic E-state index is 13.6. The van der Waals surface area contributed by atoms with Crippen molar-refractivity contribution in [3.8, 4) is 0 Å². The van der Waals surface area contributed by atoms with Gasteiger partial charge in [-0.2, -0.15) is 0 Å². The van der Waals surface area contributed by atoms with Gasteiger partial charge in [-0.15, -0.1) is 0 Å². The van der Waals surface area contributed by atoms with Gasteiger partial charge in [0, 0.05) is 48.7 Å². The number of imidazole rings is 1. The van der Waals surface area contributed by atoms with Crippen LogP contribution in [0.25, 0.3) is 10.9 Å². The minimum absolute atomic E-state index is 0.0208. The second-order valence-electron chi connectivity index (χ2n) is 7.21. The highest BCUT2D eigenvalue weighted by atomic mass is 19.1. The molecule has 0 N–H and O–H groups in total. The van der Waals surface area contributed by atoms with Gasteiger partial charge in [-0.3, -0.25) is 9.78 Å². The van der Waals surface area contributed by atoms with Gasteiger partial charge in [-0.25, -0.2) is 9.37 Å². The first-order valence-corrected chi connectivity index (χ1v) is 9.45. The first kappa shape index (κ1) is 17.6. The van der Waals surface area contributed by atoms with E-state index in [9.17, 15) is 9.18 Å². The molecule has 1 atom stereocenters. The average molecular weight is 366 g/mol. The maximum absolute atomic E-state index is 13.6. The lowest BCUT2D eigenvalue weighted by atomic mass is 9.97. The summed E-state index contributed by atoms with van der Waals surface area (Å²) >= 11 is 0. The second-order valence-corrected chi connectivity index (χ2v) is 7.21. The number of pyridine rings is 1. The normalized spacial score (nSPS) is 17.4. The largest absolute Gasteiger partial charge is 0.337 e. The van der Waals surface area contributed by atoms with Crippen LogP contribution in [0.5, 0.6) is 0 Å². The number of piperidine rings is 1. The van der Waals surface area contributed by atoms with Gasteiger partial charge >= 0.3 is 0 Å². The summed E-state index contributed by atoms with van der Waals surface area (Å²) in [4.78, 5) is 23.9. The summed E-state index contributed by atoms with van der Waals surface area (Å²) in [5.41, 5.74) is 1.88. The quantitative estimate of drug-likeness (QED) is 0.702. The molecule has 0 aliphatic carbocycles. The molecule has 1 unspecified atom stereocenters. The number of benzene rings is 1. The van der Waals surface area contributed by atoms with E-state index in [1.807, 2.05) is 35.0 Å². The minimum Gasteiger partial charge on any atom is -0.337 e. The minimum atomic E-state index is -0.338. The zero-order chi connectivity index (χ0) is 18.8. The molecule has 6 heteroatoms. The molecule has 2 aromatic heterocycles. The van der Waals surface area contributed by atoms with Gasteiger partial charge < -0.3 is 9.47 Å². The monoisotopic (exact) mass is 366 g/mol. The first-order chi connectivity index (χ1) is 13.1. The number of fused-ring (bicyclic) bond motifs is 1. The van der Waals surface area contributed by atoms with E-state index >= 15 is 0 Å².